The lowest BCUT2D eigenvalue weighted by Gasteiger charge is -2.41. The number of amides is 1. The smallest absolute Gasteiger partial charge is 0.320 e. The summed E-state index contributed by atoms with van der Waals surface area (Å²) < 4.78 is 12.4. The normalized spacial score (nSPS) is 14.2. The lowest BCUT2D eigenvalue weighted by molar-refractivity contribution is -0.156. The Bertz CT molecular complexity index is 1470. The van der Waals surface area contributed by atoms with E-state index in [1.165, 1.54) is 0 Å². The van der Waals surface area contributed by atoms with Crippen molar-refractivity contribution >= 4 is 52.8 Å². The van der Waals surface area contributed by atoms with Gasteiger partial charge in [0.2, 0.25) is 5.91 Å². The summed E-state index contributed by atoms with van der Waals surface area (Å²) >= 11 is 0. The summed E-state index contributed by atoms with van der Waals surface area (Å²) in [5.74, 6) is -0.474. The molecule has 1 fully saturated rings. The number of carbonyl (C=O) groups is 3. The fraction of sp³-hybridized carbons (Fsp3) is 0.452. The molecule has 0 radical (unpaired) electrons. The Morgan fingerprint density at radius 3 is 2.16 bits per heavy atom. The Morgan fingerprint density at radius 1 is 1.02 bits per heavy atom. The number of carbonyl (C=O) groups excluding carboxylic acids is 3. The van der Waals surface area contributed by atoms with E-state index in [2.05, 4.69) is 5.32 Å². The molecular formula is C31H42ClN7O5. The van der Waals surface area contributed by atoms with Gasteiger partial charge in [0.15, 0.2) is 0 Å². The number of imidazole rings is 1. The maximum atomic E-state index is 14.2. The van der Waals surface area contributed by atoms with Crippen LogP contribution < -0.4 is 11.1 Å². The van der Waals surface area contributed by atoms with E-state index >= 15 is 0 Å². The van der Waals surface area contributed by atoms with Crippen molar-refractivity contribution in [3.8, 4) is 0 Å². The molecule has 0 bridgehead atoms. The number of anilines is 1. The highest BCUT2D eigenvalue weighted by Crippen LogP contribution is 2.34. The van der Waals surface area contributed by atoms with E-state index in [-0.39, 0.29) is 50.5 Å². The van der Waals surface area contributed by atoms with Crippen LogP contribution in [0.3, 0.4) is 0 Å². The second kappa shape index (κ2) is 15.0. The number of amidine groups is 1. The van der Waals surface area contributed by atoms with Gasteiger partial charge < -0.3 is 30.0 Å². The minimum absolute atomic E-state index is 0. The van der Waals surface area contributed by atoms with Crippen LogP contribution in [0.1, 0.15) is 50.6 Å². The van der Waals surface area contributed by atoms with E-state index in [1.54, 1.807) is 42.7 Å². The van der Waals surface area contributed by atoms with Crippen LogP contribution in [0.25, 0.3) is 11.0 Å². The molecular weight excluding hydrogens is 586 g/mol. The Hall–Kier alpha value is -4.16. The van der Waals surface area contributed by atoms with Crippen molar-refractivity contribution in [1.82, 2.24) is 19.4 Å². The molecule has 1 amide bonds. The number of fused-ring (bicyclic) bond motifs is 1. The molecule has 2 aromatic carbocycles. The van der Waals surface area contributed by atoms with Gasteiger partial charge in [0, 0.05) is 31.4 Å². The highest BCUT2D eigenvalue weighted by molar-refractivity contribution is 5.95. The van der Waals surface area contributed by atoms with Gasteiger partial charge in [-0.1, -0.05) is 6.07 Å². The van der Waals surface area contributed by atoms with Crippen LogP contribution in [-0.2, 0) is 43.0 Å². The Morgan fingerprint density at radius 2 is 1.61 bits per heavy atom. The SMILES string of the molecule is CCOC(=O)CN(CC(=O)OCC)C(C)(C(=O)N1CCCC1)c1ccc2c(c1)nc(CNc1ccc(C(=N)N)cc1)n2C.Cl. The summed E-state index contributed by atoms with van der Waals surface area (Å²) in [6.07, 6.45) is 1.79. The largest absolute Gasteiger partial charge is 0.465 e. The number of aryl methyl sites for hydroxylation is 1. The summed E-state index contributed by atoms with van der Waals surface area (Å²) in [6, 6.07) is 12.9. The quantitative estimate of drug-likeness (QED) is 0.147. The van der Waals surface area contributed by atoms with E-state index < -0.39 is 17.5 Å². The maximum Gasteiger partial charge on any atom is 0.320 e. The molecule has 1 aromatic heterocycles. The van der Waals surface area contributed by atoms with E-state index in [9.17, 15) is 14.4 Å². The van der Waals surface area contributed by atoms with Crippen molar-refractivity contribution in [3.63, 3.8) is 0 Å². The summed E-state index contributed by atoms with van der Waals surface area (Å²) in [5.41, 5.74) is 7.85. The Labute approximate surface area is 263 Å². The molecule has 2 heterocycles. The topological polar surface area (TPSA) is 156 Å². The zero-order valence-electron chi connectivity index (χ0n) is 25.7. The minimum Gasteiger partial charge on any atom is -0.465 e. The molecule has 1 atom stereocenters. The molecule has 13 heteroatoms. The number of benzene rings is 2. The number of rotatable bonds is 13. The van der Waals surface area contributed by atoms with Gasteiger partial charge in [0.05, 0.1) is 43.9 Å². The first kappa shape index (κ1) is 34.3. The molecule has 0 aliphatic carbocycles. The number of nitrogens with one attached hydrogen (secondary N) is 2. The van der Waals surface area contributed by atoms with Gasteiger partial charge in [0.25, 0.3) is 0 Å². The third-order valence-electron chi connectivity index (χ3n) is 7.87. The standard InChI is InChI=1S/C31H41N7O5.ClH/c1-5-42-27(39)19-38(20-28(40)43-6-2)31(3,30(41)37-15-7-8-16-37)22-11-14-25-24(17-22)35-26(36(25)4)18-34-23-12-9-21(10-13-23)29(32)33;/h9-14,17,34H,5-8,15-16,18-20H2,1-4H3,(H3,32,33);1H. The van der Waals surface area contributed by atoms with E-state index in [0.29, 0.717) is 36.3 Å². The van der Waals surface area contributed by atoms with Crippen LogP contribution >= 0.6 is 12.4 Å². The van der Waals surface area contributed by atoms with Crippen LogP contribution in [0.15, 0.2) is 42.5 Å². The molecule has 238 valence electrons. The summed E-state index contributed by atoms with van der Waals surface area (Å²) in [7, 11) is 1.92. The molecule has 1 aliphatic rings. The van der Waals surface area contributed by atoms with Gasteiger partial charge in [-0.25, -0.2) is 4.98 Å². The fourth-order valence-electron chi connectivity index (χ4n) is 5.43. The van der Waals surface area contributed by atoms with E-state index in [1.807, 2.05) is 41.9 Å². The predicted molar refractivity (Wildman–Crippen MR) is 171 cm³/mol. The lowest BCUT2D eigenvalue weighted by Crippen LogP contribution is -2.58. The van der Waals surface area contributed by atoms with Crippen LogP contribution in [0.2, 0.25) is 0 Å². The monoisotopic (exact) mass is 627 g/mol. The minimum atomic E-state index is -1.37. The van der Waals surface area contributed by atoms with Crippen LogP contribution in [0.4, 0.5) is 5.69 Å². The van der Waals surface area contributed by atoms with Gasteiger partial charge in [-0.3, -0.25) is 24.7 Å². The second-order valence-electron chi connectivity index (χ2n) is 10.7. The van der Waals surface area contributed by atoms with Gasteiger partial charge >= 0.3 is 11.9 Å². The van der Waals surface area contributed by atoms with E-state index in [0.717, 1.165) is 29.9 Å². The van der Waals surface area contributed by atoms with Crippen molar-refractivity contribution in [2.24, 2.45) is 12.8 Å². The van der Waals surface area contributed by atoms with Crippen molar-refractivity contribution in [3.05, 3.63) is 59.4 Å². The number of nitrogens with two attached hydrogens (primary N) is 1. The van der Waals surface area contributed by atoms with Crippen molar-refractivity contribution in [2.45, 2.75) is 45.7 Å². The first-order valence-corrected chi connectivity index (χ1v) is 14.6. The van der Waals surface area contributed by atoms with E-state index in [4.69, 9.17) is 25.6 Å². The van der Waals surface area contributed by atoms with Crippen LogP contribution in [-0.4, -0.2) is 82.4 Å². The molecule has 4 rings (SSSR count). The maximum absolute atomic E-state index is 14.2. The van der Waals surface area contributed by atoms with Gasteiger partial charge in [-0.15, -0.1) is 12.4 Å². The zero-order chi connectivity index (χ0) is 31.1. The summed E-state index contributed by atoms with van der Waals surface area (Å²) in [4.78, 5) is 47.9. The third kappa shape index (κ3) is 7.48. The molecule has 4 N–H and O–H groups in total. The number of nitrogen functional groups attached to an aromatic ring is 1. The first-order chi connectivity index (χ1) is 20.6. The molecule has 0 spiro atoms. The predicted octanol–water partition coefficient (Wildman–Crippen LogP) is 3.16. The highest BCUT2D eigenvalue weighted by atomic mass is 35.5. The lowest BCUT2D eigenvalue weighted by atomic mass is 9.87. The van der Waals surface area contributed by atoms with Crippen LogP contribution in [0, 0.1) is 5.41 Å². The molecule has 44 heavy (non-hydrogen) atoms. The average Bonchev–Trinajstić information content (AvgIpc) is 3.63. The average molecular weight is 628 g/mol. The number of halogens is 1. The molecule has 1 unspecified atom stereocenters. The molecule has 1 aliphatic heterocycles. The van der Waals surface area contributed by atoms with Gasteiger partial charge in [-0.05, 0) is 75.6 Å². The van der Waals surface area contributed by atoms with Crippen molar-refractivity contribution < 1.29 is 23.9 Å². The van der Waals surface area contributed by atoms with Crippen molar-refractivity contribution in [1.29, 1.82) is 5.41 Å². The molecule has 1 saturated heterocycles. The number of ether oxygens (including phenoxy) is 2. The molecule has 0 saturated carbocycles. The number of aromatic nitrogens is 2. The van der Waals surface area contributed by atoms with Crippen molar-refractivity contribution in [2.75, 3.05) is 44.7 Å². The fourth-order valence-corrected chi connectivity index (χ4v) is 5.43. The first-order valence-electron chi connectivity index (χ1n) is 14.6. The molecule has 3 aromatic rings. The number of nitrogens with zero attached hydrogens (tertiary/aromatic N) is 4. The number of esters is 2. The highest BCUT2D eigenvalue weighted by Gasteiger charge is 2.46. The Balaban J connectivity index is 0.00000529. The zero-order valence-corrected chi connectivity index (χ0v) is 26.5. The Kier molecular flexibility index (Phi) is 11.7. The summed E-state index contributed by atoms with van der Waals surface area (Å²) in [6.45, 7) is 6.66. The molecule has 12 nitrogen and oxygen atoms in total. The number of likely N-dealkylation sites (tertiary alicyclic amines) is 1. The summed E-state index contributed by atoms with van der Waals surface area (Å²) in [5, 5.41) is 10.9. The second-order valence-corrected chi connectivity index (χ2v) is 10.7. The van der Waals surface area contributed by atoms with Gasteiger partial charge in [0.1, 0.15) is 17.2 Å². The number of hydrogen-bond acceptors (Lipinski definition) is 9. The number of hydrogen-bond donors (Lipinski definition) is 3. The third-order valence-corrected chi connectivity index (χ3v) is 7.87. The van der Waals surface area contributed by atoms with Crippen LogP contribution in [0.5, 0.6) is 0 Å². The van der Waals surface area contributed by atoms with Gasteiger partial charge in [-0.2, -0.15) is 0 Å².